The van der Waals surface area contributed by atoms with Crippen molar-refractivity contribution in [2.75, 3.05) is 12.4 Å². The summed E-state index contributed by atoms with van der Waals surface area (Å²) in [4.78, 5) is 24.1. The van der Waals surface area contributed by atoms with Crippen LogP contribution in [-0.4, -0.2) is 23.9 Å². The average molecular weight is 325 g/mol. The number of benzene rings is 2. The number of ether oxygens (including phenoxy) is 1. The molecule has 0 radical (unpaired) electrons. The standard InChI is InChI=1S/C19H19NO4/c1-12-4-7-14(8-5-12)16(21)11-17(22)19(23)20-15-10-13(2)6-9-18(15)24-3/h4-11,22H,1-3H3,(H,20,23)/b17-11-. The zero-order valence-electron chi connectivity index (χ0n) is 13.8. The van der Waals surface area contributed by atoms with Gasteiger partial charge in [-0.25, -0.2) is 0 Å². The molecule has 2 rings (SSSR count). The predicted octanol–water partition coefficient (Wildman–Crippen LogP) is 3.58. The summed E-state index contributed by atoms with van der Waals surface area (Å²) >= 11 is 0. The van der Waals surface area contributed by atoms with E-state index in [1.807, 2.05) is 19.9 Å². The van der Waals surface area contributed by atoms with Crippen molar-refractivity contribution < 1.29 is 19.4 Å². The minimum absolute atomic E-state index is 0.396. The Labute approximate surface area is 140 Å². The van der Waals surface area contributed by atoms with Crippen molar-refractivity contribution in [1.29, 1.82) is 0 Å². The molecule has 0 saturated heterocycles. The Morgan fingerprint density at radius 2 is 1.67 bits per heavy atom. The molecule has 0 spiro atoms. The Morgan fingerprint density at radius 1 is 1.04 bits per heavy atom. The first-order valence-electron chi connectivity index (χ1n) is 7.38. The molecule has 1 amide bonds. The molecule has 0 fully saturated rings. The number of nitrogens with one attached hydrogen (secondary N) is 1. The molecular weight excluding hydrogens is 306 g/mol. The number of carbonyl (C=O) groups excluding carboxylic acids is 2. The number of anilines is 1. The second kappa shape index (κ2) is 7.46. The molecule has 0 aliphatic rings. The second-order valence-electron chi connectivity index (χ2n) is 5.42. The number of aliphatic hydroxyl groups is 1. The lowest BCUT2D eigenvalue weighted by molar-refractivity contribution is -0.115. The van der Waals surface area contributed by atoms with Gasteiger partial charge in [0.25, 0.3) is 5.91 Å². The molecule has 2 N–H and O–H groups in total. The fourth-order valence-corrected chi connectivity index (χ4v) is 2.10. The van der Waals surface area contributed by atoms with E-state index in [1.54, 1.807) is 36.4 Å². The number of hydrogen-bond donors (Lipinski definition) is 2. The summed E-state index contributed by atoms with van der Waals surface area (Å²) in [6.07, 6.45) is 0.905. The molecule has 0 atom stereocenters. The van der Waals surface area contributed by atoms with Crippen LogP contribution in [0.15, 0.2) is 54.3 Å². The van der Waals surface area contributed by atoms with Gasteiger partial charge >= 0.3 is 0 Å². The average Bonchev–Trinajstić information content (AvgIpc) is 2.55. The molecule has 124 valence electrons. The minimum atomic E-state index is -0.778. The maximum absolute atomic E-state index is 12.1. The lowest BCUT2D eigenvalue weighted by atomic mass is 10.1. The van der Waals surface area contributed by atoms with Crippen molar-refractivity contribution in [3.63, 3.8) is 0 Å². The molecule has 0 heterocycles. The largest absolute Gasteiger partial charge is 0.503 e. The first-order chi connectivity index (χ1) is 11.4. The Hall–Kier alpha value is -3.08. The van der Waals surface area contributed by atoms with E-state index in [-0.39, 0.29) is 0 Å². The lowest BCUT2D eigenvalue weighted by Crippen LogP contribution is -2.16. The van der Waals surface area contributed by atoms with Crippen LogP contribution in [0.5, 0.6) is 5.75 Å². The number of hydrogen-bond acceptors (Lipinski definition) is 4. The molecule has 5 heteroatoms. The van der Waals surface area contributed by atoms with Gasteiger partial charge in [-0.1, -0.05) is 35.9 Å². The maximum Gasteiger partial charge on any atom is 0.290 e. The van der Waals surface area contributed by atoms with E-state index in [2.05, 4.69) is 5.32 Å². The van der Waals surface area contributed by atoms with Crippen molar-refractivity contribution in [2.24, 2.45) is 0 Å². The molecule has 2 aromatic rings. The van der Waals surface area contributed by atoms with Gasteiger partial charge in [-0.3, -0.25) is 9.59 Å². The van der Waals surface area contributed by atoms with Crippen LogP contribution in [0, 0.1) is 13.8 Å². The number of methoxy groups -OCH3 is 1. The maximum atomic E-state index is 12.1. The van der Waals surface area contributed by atoms with Crippen molar-refractivity contribution in [3.8, 4) is 5.75 Å². The van der Waals surface area contributed by atoms with Gasteiger partial charge in [0.15, 0.2) is 11.5 Å². The van der Waals surface area contributed by atoms with E-state index < -0.39 is 17.4 Å². The Morgan fingerprint density at radius 3 is 2.29 bits per heavy atom. The summed E-state index contributed by atoms with van der Waals surface area (Å²) < 4.78 is 5.16. The molecule has 0 aromatic heterocycles. The van der Waals surface area contributed by atoms with Gasteiger partial charge in [0, 0.05) is 11.6 Å². The topological polar surface area (TPSA) is 75.6 Å². The van der Waals surface area contributed by atoms with E-state index >= 15 is 0 Å². The molecule has 0 unspecified atom stereocenters. The molecule has 0 aliphatic heterocycles. The van der Waals surface area contributed by atoms with Crippen LogP contribution in [0.1, 0.15) is 21.5 Å². The lowest BCUT2D eigenvalue weighted by Gasteiger charge is -2.10. The van der Waals surface area contributed by atoms with E-state index in [4.69, 9.17) is 4.74 Å². The van der Waals surface area contributed by atoms with Crippen molar-refractivity contribution in [3.05, 3.63) is 71.0 Å². The second-order valence-corrected chi connectivity index (χ2v) is 5.42. The zero-order chi connectivity index (χ0) is 17.7. The van der Waals surface area contributed by atoms with Gasteiger partial charge in [0.1, 0.15) is 5.75 Å². The quantitative estimate of drug-likeness (QED) is 0.500. The van der Waals surface area contributed by atoms with E-state index in [0.29, 0.717) is 17.0 Å². The van der Waals surface area contributed by atoms with Crippen molar-refractivity contribution >= 4 is 17.4 Å². The van der Waals surface area contributed by atoms with Crippen LogP contribution in [-0.2, 0) is 4.79 Å². The first-order valence-corrected chi connectivity index (χ1v) is 7.38. The van der Waals surface area contributed by atoms with Gasteiger partial charge < -0.3 is 15.2 Å². The number of allylic oxidation sites excluding steroid dienone is 1. The molecule has 0 saturated carbocycles. The smallest absolute Gasteiger partial charge is 0.290 e. The third-order valence-electron chi connectivity index (χ3n) is 3.44. The van der Waals surface area contributed by atoms with Crippen LogP contribution in [0.4, 0.5) is 5.69 Å². The molecule has 24 heavy (non-hydrogen) atoms. The first kappa shape index (κ1) is 17.3. The highest BCUT2D eigenvalue weighted by atomic mass is 16.5. The van der Waals surface area contributed by atoms with Crippen molar-refractivity contribution in [2.45, 2.75) is 13.8 Å². The number of aryl methyl sites for hydroxylation is 2. The van der Waals surface area contributed by atoms with Crippen LogP contribution < -0.4 is 10.1 Å². The highest BCUT2D eigenvalue weighted by molar-refractivity contribution is 6.11. The molecule has 2 aromatic carbocycles. The van der Waals surface area contributed by atoms with Gasteiger partial charge in [0.2, 0.25) is 0 Å². The van der Waals surface area contributed by atoms with Crippen molar-refractivity contribution in [1.82, 2.24) is 0 Å². The Kier molecular flexibility index (Phi) is 5.37. The molecule has 0 bridgehead atoms. The fourth-order valence-electron chi connectivity index (χ4n) is 2.10. The summed E-state index contributed by atoms with van der Waals surface area (Å²) in [5.41, 5.74) is 2.76. The highest BCUT2D eigenvalue weighted by Crippen LogP contribution is 2.25. The number of ketones is 1. The van der Waals surface area contributed by atoms with Crippen LogP contribution in [0.2, 0.25) is 0 Å². The van der Waals surface area contributed by atoms with E-state index in [0.717, 1.165) is 17.2 Å². The summed E-state index contributed by atoms with van der Waals surface area (Å²) in [7, 11) is 1.48. The Bertz CT molecular complexity index is 792. The number of rotatable bonds is 5. The zero-order valence-corrected chi connectivity index (χ0v) is 13.8. The number of aliphatic hydroxyl groups excluding tert-OH is 1. The predicted molar refractivity (Wildman–Crippen MR) is 92.6 cm³/mol. The number of amides is 1. The molecule has 0 aliphatic carbocycles. The normalized spacial score (nSPS) is 11.0. The van der Waals surface area contributed by atoms with Crippen LogP contribution in [0.25, 0.3) is 0 Å². The van der Waals surface area contributed by atoms with Crippen LogP contribution in [0.3, 0.4) is 0 Å². The molecule has 5 nitrogen and oxygen atoms in total. The summed E-state index contributed by atoms with van der Waals surface area (Å²) in [5, 5.41) is 12.4. The van der Waals surface area contributed by atoms with Crippen LogP contribution >= 0.6 is 0 Å². The van der Waals surface area contributed by atoms with E-state index in [1.165, 1.54) is 7.11 Å². The third-order valence-corrected chi connectivity index (χ3v) is 3.44. The van der Waals surface area contributed by atoms with Gasteiger partial charge in [-0.15, -0.1) is 0 Å². The minimum Gasteiger partial charge on any atom is -0.503 e. The summed E-state index contributed by atoms with van der Waals surface area (Å²) in [5.74, 6) is -1.42. The Balaban J connectivity index is 2.15. The third kappa shape index (κ3) is 4.23. The highest BCUT2D eigenvalue weighted by Gasteiger charge is 2.14. The van der Waals surface area contributed by atoms with Gasteiger partial charge in [-0.05, 0) is 31.5 Å². The monoisotopic (exact) mass is 325 g/mol. The number of carbonyl (C=O) groups is 2. The molecular formula is C19H19NO4. The summed E-state index contributed by atoms with van der Waals surface area (Å²) in [6, 6.07) is 12.1. The summed E-state index contributed by atoms with van der Waals surface area (Å²) in [6.45, 7) is 3.77. The fraction of sp³-hybridized carbons (Fsp3) is 0.158. The van der Waals surface area contributed by atoms with Gasteiger partial charge in [0.05, 0.1) is 12.8 Å². The SMILES string of the molecule is COc1ccc(C)cc1NC(=O)/C(O)=C/C(=O)c1ccc(C)cc1. The van der Waals surface area contributed by atoms with Gasteiger partial charge in [-0.2, -0.15) is 0 Å². The van der Waals surface area contributed by atoms with E-state index in [9.17, 15) is 14.7 Å².